The lowest BCUT2D eigenvalue weighted by Crippen LogP contribution is -2.29. The van der Waals surface area contributed by atoms with E-state index in [0.717, 1.165) is 52.9 Å². The van der Waals surface area contributed by atoms with Crippen molar-refractivity contribution in [2.24, 2.45) is 5.10 Å². The zero-order valence-electron chi connectivity index (χ0n) is 16.8. The third kappa shape index (κ3) is 5.62. The smallest absolute Gasteiger partial charge is 0.246 e. The van der Waals surface area contributed by atoms with Crippen LogP contribution in [0.25, 0.3) is 0 Å². The molecule has 0 unspecified atom stereocenters. The average Bonchev–Trinajstić information content (AvgIpc) is 3.11. The van der Waals surface area contributed by atoms with Crippen molar-refractivity contribution in [2.75, 3.05) is 20.2 Å². The maximum absolute atomic E-state index is 12.1. The summed E-state index contributed by atoms with van der Waals surface area (Å²) in [4.78, 5) is 18.9. The number of benzene rings is 1. The van der Waals surface area contributed by atoms with Crippen molar-refractivity contribution in [3.63, 3.8) is 0 Å². The Labute approximate surface area is 170 Å². The summed E-state index contributed by atoms with van der Waals surface area (Å²) in [5.41, 5.74) is 6.33. The SMILES string of the molecule is COc1ccc(/C(C)=N\NC(=O)Cc2csc(C)n2)cc1CN1CCCCC1. The molecule has 0 radical (unpaired) electrons. The lowest BCUT2D eigenvalue weighted by atomic mass is 10.0. The van der Waals surface area contributed by atoms with Crippen molar-refractivity contribution in [3.8, 4) is 5.75 Å². The van der Waals surface area contributed by atoms with Gasteiger partial charge in [0.25, 0.3) is 0 Å². The van der Waals surface area contributed by atoms with Gasteiger partial charge in [-0.1, -0.05) is 6.42 Å². The molecule has 1 saturated heterocycles. The van der Waals surface area contributed by atoms with E-state index in [1.165, 1.54) is 19.3 Å². The number of likely N-dealkylation sites (tertiary alicyclic amines) is 1. The number of rotatable bonds is 7. The molecule has 1 aromatic carbocycles. The quantitative estimate of drug-likeness (QED) is 0.570. The molecule has 1 aliphatic heterocycles. The summed E-state index contributed by atoms with van der Waals surface area (Å²) in [5.74, 6) is 0.733. The van der Waals surface area contributed by atoms with E-state index in [1.807, 2.05) is 31.4 Å². The number of thiazole rings is 1. The van der Waals surface area contributed by atoms with Crippen molar-refractivity contribution in [2.45, 2.75) is 46.1 Å². The van der Waals surface area contributed by atoms with Gasteiger partial charge in [0.2, 0.25) is 5.91 Å². The number of piperidine rings is 1. The van der Waals surface area contributed by atoms with E-state index in [4.69, 9.17) is 4.74 Å². The van der Waals surface area contributed by atoms with E-state index < -0.39 is 0 Å². The van der Waals surface area contributed by atoms with E-state index in [1.54, 1.807) is 18.4 Å². The summed E-state index contributed by atoms with van der Waals surface area (Å²) in [5, 5.41) is 7.14. The van der Waals surface area contributed by atoms with Crippen LogP contribution in [0.4, 0.5) is 0 Å². The van der Waals surface area contributed by atoms with Gasteiger partial charge in [0.1, 0.15) is 5.75 Å². The van der Waals surface area contributed by atoms with Crippen LogP contribution in [0.3, 0.4) is 0 Å². The second-order valence-corrected chi connectivity index (χ2v) is 8.19. The normalized spacial score (nSPS) is 15.5. The fraction of sp³-hybridized carbons (Fsp3) is 0.476. The number of aryl methyl sites for hydroxylation is 1. The second kappa shape index (κ2) is 9.80. The first-order valence-corrected chi connectivity index (χ1v) is 10.6. The molecule has 0 saturated carbocycles. The van der Waals surface area contributed by atoms with E-state index >= 15 is 0 Å². The molecule has 28 heavy (non-hydrogen) atoms. The van der Waals surface area contributed by atoms with Crippen molar-refractivity contribution < 1.29 is 9.53 Å². The Bertz CT molecular complexity index is 841. The Morgan fingerprint density at radius 1 is 1.32 bits per heavy atom. The number of carbonyl (C=O) groups excluding carboxylic acids is 1. The van der Waals surface area contributed by atoms with Crippen LogP contribution >= 0.6 is 11.3 Å². The van der Waals surface area contributed by atoms with E-state index in [9.17, 15) is 4.79 Å². The molecule has 0 atom stereocenters. The number of nitrogens with one attached hydrogen (secondary N) is 1. The Kier molecular flexibility index (Phi) is 7.17. The van der Waals surface area contributed by atoms with Crippen LogP contribution in [0.1, 0.15) is 48.0 Å². The number of methoxy groups -OCH3 is 1. The molecule has 2 heterocycles. The Morgan fingerprint density at radius 2 is 2.11 bits per heavy atom. The summed E-state index contributed by atoms with van der Waals surface area (Å²) in [6, 6.07) is 6.07. The minimum absolute atomic E-state index is 0.160. The minimum atomic E-state index is -0.160. The Balaban J connectivity index is 1.66. The van der Waals surface area contributed by atoms with E-state index in [-0.39, 0.29) is 12.3 Å². The number of hydrogen-bond donors (Lipinski definition) is 1. The van der Waals surface area contributed by atoms with Gasteiger partial charge in [-0.2, -0.15) is 5.10 Å². The highest BCUT2D eigenvalue weighted by Crippen LogP contribution is 2.23. The molecular weight excluding hydrogens is 372 g/mol. The first-order valence-electron chi connectivity index (χ1n) is 9.69. The molecule has 1 aliphatic rings. The largest absolute Gasteiger partial charge is 0.496 e. The topological polar surface area (TPSA) is 66.8 Å². The lowest BCUT2D eigenvalue weighted by molar-refractivity contribution is -0.120. The molecule has 7 heteroatoms. The van der Waals surface area contributed by atoms with Gasteiger partial charge in [0.05, 0.1) is 29.9 Å². The fourth-order valence-electron chi connectivity index (χ4n) is 3.39. The van der Waals surface area contributed by atoms with Crippen molar-refractivity contribution in [1.29, 1.82) is 0 Å². The van der Waals surface area contributed by atoms with Gasteiger partial charge in [0, 0.05) is 17.5 Å². The number of nitrogens with zero attached hydrogens (tertiary/aromatic N) is 3. The minimum Gasteiger partial charge on any atom is -0.496 e. The van der Waals surface area contributed by atoms with Gasteiger partial charge in [0.15, 0.2) is 0 Å². The van der Waals surface area contributed by atoms with Crippen LogP contribution < -0.4 is 10.2 Å². The average molecular weight is 401 g/mol. The van der Waals surface area contributed by atoms with Gasteiger partial charge >= 0.3 is 0 Å². The van der Waals surface area contributed by atoms with Gasteiger partial charge < -0.3 is 4.74 Å². The van der Waals surface area contributed by atoms with Crippen LogP contribution in [-0.4, -0.2) is 41.7 Å². The molecular formula is C21H28N4O2S. The molecule has 0 bridgehead atoms. The van der Waals surface area contributed by atoms with E-state index in [2.05, 4.69) is 26.5 Å². The summed E-state index contributed by atoms with van der Waals surface area (Å²) < 4.78 is 5.55. The fourth-order valence-corrected chi connectivity index (χ4v) is 4.00. The van der Waals surface area contributed by atoms with Crippen molar-refractivity contribution in [1.82, 2.24) is 15.3 Å². The van der Waals surface area contributed by atoms with Crippen LogP contribution in [0.15, 0.2) is 28.7 Å². The standard InChI is InChI=1S/C21H28N4O2S/c1-15(23-24-21(26)12-19-14-28-16(2)22-19)17-7-8-20(27-3)18(11-17)13-25-9-5-4-6-10-25/h7-8,11,14H,4-6,9-10,12-13H2,1-3H3,(H,24,26)/b23-15-. The van der Waals surface area contributed by atoms with E-state index in [0.29, 0.717) is 0 Å². The maximum Gasteiger partial charge on any atom is 0.246 e. The van der Waals surface area contributed by atoms with Crippen molar-refractivity contribution in [3.05, 3.63) is 45.4 Å². The summed E-state index contributed by atoms with van der Waals surface area (Å²) in [6.45, 7) is 6.97. The molecule has 0 spiro atoms. The molecule has 1 fully saturated rings. The monoisotopic (exact) mass is 400 g/mol. The molecule has 2 aromatic rings. The lowest BCUT2D eigenvalue weighted by Gasteiger charge is -2.27. The van der Waals surface area contributed by atoms with Gasteiger partial charge in [-0.3, -0.25) is 9.69 Å². The highest BCUT2D eigenvalue weighted by Gasteiger charge is 2.14. The maximum atomic E-state index is 12.1. The summed E-state index contributed by atoms with van der Waals surface area (Å²) >= 11 is 1.54. The number of amides is 1. The first-order chi connectivity index (χ1) is 13.5. The third-order valence-electron chi connectivity index (χ3n) is 4.90. The molecule has 1 aromatic heterocycles. The van der Waals surface area contributed by atoms with Gasteiger partial charge in [-0.15, -0.1) is 11.3 Å². The Hall–Kier alpha value is -2.25. The number of hydrazone groups is 1. The number of ether oxygens (including phenoxy) is 1. The summed E-state index contributed by atoms with van der Waals surface area (Å²) in [7, 11) is 1.70. The Morgan fingerprint density at radius 3 is 2.79 bits per heavy atom. The molecule has 3 rings (SSSR count). The number of hydrogen-bond acceptors (Lipinski definition) is 6. The summed E-state index contributed by atoms with van der Waals surface area (Å²) in [6.07, 6.45) is 4.07. The number of carbonyl (C=O) groups is 1. The van der Waals surface area contributed by atoms with Crippen molar-refractivity contribution >= 4 is 23.0 Å². The predicted molar refractivity (Wildman–Crippen MR) is 113 cm³/mol. The van der Waals surface area contributed by atoms with Crippen LogP contribution in [0.2, 0.25) is 0 Å². The zero-order valence-corrected chi connectivity index (χ0v) is 17.6. The molecule has 0 aliphatic carbocycles. The molecule has 150 valence electrons. The highest BCUT2D eigenvalue weighted by molar-refractivity contribution is 7.09. The highest BCUT2D eigenvalue weighted by atomic mass is 32.1. The predicted octanol–water partition coefficient (Wildman–Crippen LogP) is 3.53. The van der Waals surface area contributed by atoms with Crippen LogP contribution in [0, 0.1) is 6.92 Å². The van der Waals surface area contributed by atoms with Gasteiger partial charge in [-0.25, -0.2) is 10.4 Å². The zero-order chi connectivity index (χ0) is 19.9. The molecule has 6 nitrogen and oxygen atoms in total. The molecule has 1 amide bonds. The van der Waals surface area contributed by atoms with Crippen LogP contribution in [0.5, 0.6) is 5.75 Å². The third-order valence-corrected chi connectivity index (χ3v) is 5.72. The first kappa shape index (κ1) is 20.5. The van der Waals surface area contributed by atoms with Crippen LogP contribution in [-0.2, 0) is 17.8 Å². The number of aromatic nitrogens is 1. The molecule has 1 N–H and O–H groups in total. The van der Waals surface area contributed by atoms with Gasteiger partial charge in [-0.05, 0) is 63.5 Å². The second-order valence-electron chi connectivity index (χ2n) is 7.13.